The van der Waals surface area contributed by atoms with Crippen molar-refractivity contribution in [1.82, 2.24) is 15.5 Å². The van der Waals surface area contributed by atoms with Gasteiger partial charge in [0.25, 0.3) is 5.22 Å². The number of aromatic nitrogens is 2. The molecule has 0 bridgehead atoms. The molecule has 1 rings (SSSR count). The maximum Gasteiger partial charge on any atom is 0.276 e. The second-order valence-electron chi connectivity index (χ2n) is 3.66. The van der Waals surface area contributed by atoms with Crippen LogP contribution in [0.2, 0.25) is 0 Å². The Morgan fingerprint density at radius 1 is 1.53 bits per heavy atom. The molecule has 0 saturated carbocycles. The normalized spacial score (nSPS) is 10.9. The Morgan fingerprint density at radius 2 is 2.27 bits per heavy atom. The Balaban J connectivity index is 2.22. The SMILES string of the molecule is C=C(CNC(C)C)CSc1nnc(C)o1. The summed E-state index contributed by atoms with van der Waals surface area (Å²) in [5.74, 6) is 1.41. The summed E-state index contributed by atoms with van der Waals surface area (Å²) < 4.78 is 5.24. The molecule has 4 nitrogen and oxygen atoms in total. The molecule has 0 atom stereocenters. The van der Waals surface area contributed by atoms with Gasteiger partial charge in [0, 0.05) is 25.3 Å². The summed E-state index contributed by atoms with van der Waals surface area (Å²) in [7, 11) is 0. The van der Waals surface area contributed by atoms with Gasteiger partial charge in [0.2, 0.25) is 5.89 Å². The van der Waals surface area contributed by atoms with Crippen LogP contribution >= 0.6 is 11.8 Å². The van der Waals surface area contributed by atoms with Gasteiger partial charge < -0.3 is 9.73 Å². The highest BCUT2D eigenvalue weighted by molar-refractivity contribution is 7.99. The Hall–Kier alpha value is -0.810. The molecule has 0 aliphatic carbocycles. The Bertz CT molecular complexity index is 322. The number of thioether (sulfide) groups is 1. The fourth-order valence-corrected chi connectivity index (χ4v) is 1.61. The van der Waals surface area contributed by atoms with E-state index in [4.69, 9.17) is 4.42 Å². The second-order valence-corrected chi connectivity index (χ2v) is 4.59. The molecule has 1 N–H and O–H groups in total. The number of nitrogens with zero attached hydrogens (tertiary/aromatic N) is 2. The monoisotopic (exact) mass is 227 g/mol. The van der Waals surface area contributed by atoms with Crippen LogP contribution in [0.4, 0.5) is 0 Å². The van der Waals surface area contributed by atoms with Gasteiger partial charge in [-0.2, -0.15) is 0 Å². The Labute approximate surface area is 94.5 Å². The highest BCUT2D eigenvalue weighted by Gasteiger charge is 2.04. The van der Waals surface area contributed by atoms with Crippen molar-refractivity contribution in [3.63, 3.8) is 0 Å². The lowest BCUT2D eigenvalue weighted by molar-refractivity contribution is 0.429. The first-order valence-corrected chi connectivity index (χ1v) is 5.89. The van der Waals surface area contributed by atoms with Crippen molar-refractivity contribution >= 4 is 11.8 Å². The predicted octanol–water partition coefficient (Wildman–Crippen LogP) is 2.02. The fourth-order valence-electron chi connectivity index (χ4n) is 0.900. The van der Waals surface area contributed by atoms with Crippen molar-refractivity contribution in [2.45, 2.75) is 32.0 Å². The zero-order valence-electron chi connectivity index (χ0n) is 9.41. The molecule has 84 valence electrons. The largest absolute Gasteiger partial charge is 0.416 e. The molecule has 0 fully saturated rings. The molecule has 15 heavy (non-hydrogen) atoms. The highest BCUT2D eigenvalue weighted by atomic mass is 32.2. The molecular formula is C10H17N3OS. The van der Waals surface area contributed by atoms with Crippen LogP contribution in [-0.2, 0) is 0 Å². The smallest absolute Gasteiger partial charge is 0.276 e. The van der Waals surface area contributed by atoms with Gasteiger partial charge in [0.15, 0.2) is 0 Å². The van der Waals surface area contributed by atoms with Crippen LogP contribution in [0.1, 0.15) is 19.7 Å². The maximum absolute atomic E-state index is 5.24. The van der Waals surface area contributed by atoms with E-state index < -0.39 is 0 Å². The lowest BCUT2D eigenvalue weighted by Crippen LogP contribution is -2.25. The molecule has 1 aromatic heterocycles. The van der Waals surface area contributed by atoms with Crippen LogP contribution in [0.15, 0.2) is 21.8 Å². The van der Waals surface area contributed by atoms with Gasteiger partial charge >= 0.3 is 0 Å². The van der Waals surface area contributed by atoms with E-state index in [0.29, 0.717) is 17.2 Å². The topological polar surface area (TPSA) is 51.0 Å². The van der Waals surface area contributed by atoms with E-state index in [0.717, 1.165) is 17.9 Å². The van der Waals surface area contributed by atoms with E-state index in [1.54, 1.807) is 6.92 Å². The number of hydrogen-bond acceptors (Lipinski definition) is 5. The summed E-state index contributed by atoms with van der Waals surface area (Å²) in [6, 6.07) is 0.484. The van der Waals surface area contributed by atoms with Crippen LogP contribution < -0.4 is 5.32 Å². The molecule has 0 amide bonds. The molecule has 0 spiro atoms. The number of hydrogen-bond donors (Lipinski definition) is 1. The molecule has 0 saturated heterocycles. The van der Waals surface area contributed by atoms with E-state index in [9.17, 15) is 0 Å². The summed E-state index contributed by atoms with van der Waals surface area (Å²) in [5, 5.41) is 11.6. The van der Waals surface area contributed by atoms with Crippen LogP contribution in [-0.4, -0.2) is 28.5 Å². The highest BCUT2D eigenvalue weighted by Crippen LogP contribution is 2.17. The van der Waals surface area contributed by atoms with E-state index in [1.807, 2.05) is 0 Å². The summed E-state index contributed by atoms with van der Waals surface area (Å²) in [5.41, 5.74) is 1.13. The van der Waals surface area contributed by atoms with Gasteiger partial charge in [0.05, 0.1) is 0 Å². The summed E-state index contributed by atoms with van der Waals surface area (Å²) in [6.07, 6.45) is 0. The van der Waals surface area contributed by atoms with Crippen molar-refractivity contribution in [2.75, 3.05) is 12.3 Å². The standard InChI is InChI=1S/C10H17N3OS/c1-7(2)11-5-8(3)6-15-10-13-12-9(4)14-10/h7,11H,3,5-6H2,1-2,4H3. The van der Waals surface area contributed by atoms with Crippen molar-refractivity contribution in [3.05, 3.63) is 18.0 Å². The Kier molecular flexibility index (Phi) is 4.84. The number of aryl methyl sites for hydroxylation is 1. The van der Waals surface area contributed by atoms with Gasteiger partial charge in [-0.3, -0.25) is 0 Å². The summed E-state index contributed by atoms with van der Waals surface area (Å²) in [6.45, 7) is 10.8. The average Bonchev–Trinajstić information content (AvgIpc) is 2.58. The van der Waals surface area contributed by atoms with Crippen LogP contribution in [0.3, 0.4) is 0 Å². The molecule has 0 aromatic carbocycles. The maximum atomic E-state index is 5.24. The molecule has 1 aromatic rings. The molecule has 0 radical (unpaired) electrons. The average molecular weight is 227 g/mol. The molecule has 0 unspecified atom stereocenters. The number of rotatable bonds is 6. The van der Waals surface area contributed by atoms with E-state index in [1.165, 1.54) is 11.8 Å². The van der Waals surface area contributed by atoms with Gasteiger partial charge in [-0.15, -0.1) is 10.2 Å². The predicted molar refractivity (Wildman–Crippen MR) is 62.0 cm³/mol. The van der Waals surface area contributed by atoms with E-state index in [-0.39, 0.29) is 0 Å². The van der Waals surface area contributed by atoms with Crippen LogP contribution in [0.5, 0.6) is 0 Å². The lowest BCUT2D eigenvalue weighted by Gasteiger charge is -2.08. The fraction of sp³-hybridized carbons (Fsp3) is 0.600. The minimum atomic E-state index is 0.484. The number of nitrogens with one attached hydrogen (secondary N) is 1. The minimum Gasteiger partial charge on any atom is -0.416 e. The van der Waals surface area contributed by atoms with Gasteiger partial charge in [-0.25, -0.2) is 0 Å². The molecule has 1 heterocycles. The summed E-state index contributed by atoms with van der Waals surface area (Å²) in [4.78, 5) is 0. The van der Waals surface area contributed by atoms with Crippen molar-refractivity contribution < 1.29 is 4.42 Å². The minimum absolute atomic E-state index is 0.484. The van der Waals surface area contributed by atoms with Gasteiger partial charge in [-0.05, 0) is 0 Å². The van der Waals surface area contributed by atoms with Gasteiger partial charge in [-0.1, -0.05) is 37.8 Å². The van der Waals surface area contributed by atoms with E-state index in [2.05, 4.69) is 35.9 Å². The molecule has 5 heteroatoms. The van der Waals surface area contributed by atoms with Crippen molar-refractivity contribution in [3.8, 4) is 0 Å². The van der Waals surface area contributed by atoms with Gasteiger partial charge in [0.1, 0.15) is 0 Å². The first kappa shape index (κ1) is 12.3. The third kappa shape index (κ3) is 4.99. The third-order valence-electron chi connectivity index (χ3n) is 1.67. The van der Waals surface area contributed by atoms with Crippen LogP contribution in [0, 0.1) is 6.92 Å². The first-order valence-electron chi connectivity index (χ1n) is 4.91. The van der Waals surface area contributed by atoms with Crippen molar-refractivity contribution in [1.29, 1.82) is 0 Å². The zero-order valence-corrected chi connectivity index (χ0v) is 10.2. The van der Waals surface area contributed by atoms with E-state index >= 15 is 0 Å². The summed E-state index contributed by atoms with van der Waals surface area (Å²) >= 11 is 1.52. The first-order chi connectivity index (χ1) is 7.08. The second kappa shape index (κ2) is 5.92. The van der Waals surface area contributed by atoms with Crippen LogP contribution in [0.25, 0.3) is 0 Å². The third-order valence-corrected chi connectivity index (χ3v) is 2.63. The molecular weight excluding hydrogens is 210 g/mol. The Morgan fingerprint density at radius 3 is 2.80 bits per heavy atom. The molecule has 0 aliphatic heterocycles. The quantitative estimate of drug-likeness (QED) is 0.595. The van der Waals surface area contributed by atoms with Crippen molar-refractivity contribution in [2.24, 2.45) is 0 Å². The zero-order chi connectivity index (χ0) is 11.3. The lowest BCUT2D eigenvalue weighted by atomic mass is 10.3. The molecule has 0 aliphatic rings.